The summed E-state index contributed by atoms with van der Waals surface area (Å²) in [5, 5.41) is 8.96. The molecule has 1 atom stereocenters. The van der Waals surface area contributed by atoms with Crippen LogP contribution in [0.25, 0.3) is 0 Å². The number of rotatable bonds is 4. The molecule has 1 saturated heterocycles. The lowest BCUT2D eigenvalue weighted by atomic mass is 10.1. The lowest BCUT2D eigenvalue weighted by Gasteiger charge is -2.34. The van der Waals surface area contributed by atoms with Crippen LogP contribution in [0.2, 0.25) is 0 Å². The molecule has 4 nitrogen and oxygen atoms in total. The van der Waals surface area contributed by atoms with Crippen molar-refractivity contribution in [3.8, 4) is 0 Å². The number of furan rings is 1. The molecule has 0 amide bonds. The summed E-state index contributed by atoms with van der Waals surface area (Å²) in [7, 11) is 0. The van der Waals surface area contributed by atoms with Gasteiger partial charge < -0.3 is 14.3 Å². The van der Waals surface area contributed by atoms with Crippen molar-refractivity contribution in [2.24, 2.45) is 0 Å². The summed E-state index contributed by atoms with van der Waals surface area (Å²) in [5.74, 6) is 0.972. The van der Waals surface area contributed by atoms with Gasteiger partial charge in [-0.25, -0.2) is 0 Å². The van der Waals surface area contributed by atoms with Crippen molar-refractivity contribution in [1.82, 2.24) is 4.90 Å². The van der Waals surface area contributed by atoms with E-state index in [4.69, 9.17) is 14.3 Å². The van der Waals surface area contributed by atoms with Gasteiger partial charge in [0.25, 0.3) is 0 Å². The van der Waals surface area contributed by atoms with E-state index < -0.39 is 0 Å². The normalized spacial score (nSPS) is 23.1. The number of aliphatic hydroxyl groups excluding tert-OH is 1. The van der Waals surface area contributed by atoms with E-state index in [0.717, 1.165) is 31.9 Å². The smallest absolute Gasteiger partial charge is 0.117 e. The average molecular weight is 211 g/mol. The fourth-order valence-electron chi connectivity index (χ4n) is 1.91. The van der Waals surface area contributed by atoms with Crippen LogP contribution in [0.4, 0.5) is 0 Å². The van der Waals surface area contributed by atoms with Crippen LogP contribution in [-0.2, 0) is 11.3 Å². The van der Waals surface area contributed by atoms with E-state index in [0.29, 0.717) is 12.6 Å². The Hall–Kier alpha value is -0.840. The molecule has 0 spiro atoms. The van der Waals surface area contributed by atoms with Gasteiger partial charge in [0.2, 0.25) is 0 Å². The number of morpholine rings is 1. The molecule has 1 aromatic heterocycles. The van der Waals surface area contributed by atoms with Gasteiger partial charge in [-0.1, -0.05) is 0 Å². The van der Waals surface area contributed by atoms with E-state index in [2.05, 4.69) is 4.90 Å². The van der Waals surface area contributed by atoms with Gasteiger partial charge in [-0.3, -0.25) is 4.90 Å². The maximum atomic E-state index is 8.96. The van der Waals surface area contributed by atoms with E-state index >= 15 is 0 Å². The van der Waals surface area contributed by atoms with Gasteiger partial charge in [0, 0.05) is 19.2 Å². The summed E-state index contributed by atoms with van der Waals surface area (Å²) < 4.78 is 10.7. The summed E-state index contributed by atoms with van der Waals surface area (Å²) in [6, 6.07) is 4.19. The Bertz CT molecular complexity index is 271. The molecule has 0 aromatic carbocycles. The van der Waals surface area contributed by atoms with Crippen molar-refractivity contribution in [3.63, 3.8) is 0 Å². The van der Waals surface area contributed by atoms with Crippen molar-refractivity contribution in [1.29, 1.82) is 0 Å². The molecule has 0 radical (unpaired) electrons. The highest BCUT2D eigenvalue weighted by molar-refractivity contribution is 4.98. The topological polar surface area (TPSA) is 45.8 Å². The maximum absolute atomic E-state index is 8.96. The number of aliphatic hydroxyl groups is 1. The van der Waals surface area contributed by atoms with Crippen molar-refractivity contribution >= 4 is 0 Å². The molecular weight excluding hydrogens is 194 g/mol. The Morgan fingerprint density at radius 3 is 3.20 bits per heavy atom. The first-order valence-corrected chi connectivity index (χ1v) is 5.35. The molecule has 0 bridgehead atoms. The molecule has 0 aliphatic carbocycles. The van der Waals surface area contributed by atoms with Crippen LogP contribution < -0.4 is 0 Å². The van der Waals surface area contributed by atoms with Crippen LogP contribution in [0.15, 0.2) is 22.8 Å². The van der Waals surface area contributed by atoms with E-state index in [-0.39, 0.29) is 6.61 Å². The fourth-order valence-corrected chi connectivity index (χ4v) is 1.91. The van der Waals surface area contributed by atoms with Gasteiger partial charge in [-0.2, -0.15) is 0 Å². The zero-order valence-electron chi connectivity index (χ0n) is 8.76. The molecule has 1 unspecified atom stereocenters. The van der Waals surface area contributed by atoms with Crippen LogP contribution in [0, 0.1) is 0 Å². The van der Waals surface area contributed by atoms with Crippen molar-refractivity contribution in [3.05, 3.63) is 24.2 Å². The SMILES string of the molecule is OCCC1COCCN1Cc1ccco1. The lowest BCUT2D eigenvalue weighted by molar-refractivity contribution is -0.0221. The number of ether oxygens (including phenoxy) is 1. The molecule has 1 aromatic rings. The minimum atomic E-state index is 0.211. The standard InChI is InChI=1S/C11H17NO3/c13-5-3-10-9-14-7-4-12(10)8-11-2-1-6-15-11/h1-2,6,10,13H,3-5,7-9H2. The van der Waals surface area contributed by atoms with Crippen LogP contribution in [0.5, 0.6) is 0 Å². The minimum Gasteiger partial charge on any atom is -0.468 e. The molecule has 4 heteroatoms. The molecule has 1 fully saturated rings. The van der Waals surface area contributed by atoms with Gasteiger partial charge in [0.1, 0.15) is 5.76 Å². The second-order valence-electron chi connectivity index (χ2n) is 3.79. The van der Waals surface area contributed by atoms with Crippen LogP contribution in [-0.4, -0.2) is 42.4 Å². The summed E-state index contributed by atoms with van der Waals surface area (Å²) >= 11 is 0. The first kappa shape index (κ1) is 10.7. The Morgan fingerprint density at radius 2 is 2.47 bits per heavy atom. The van der Waals surface area contributed by atoms with Crippen LogP contribution in [0.1, 0.15) is 12.2 Å². The van der Waals surface area contributed by atoms with Gasteiger partial charge in [0.15, 0.2) is 0 Å². The number of hydrogen-bond donors (Lipinski definition) is 1. The van der Waals surface area contributed by atoms with Crippen molar-refractivity contribution < 1.29 is 14.3 Å². The quantitative estimate of drug-likeness (QED) is 0.802. The molecule has 1 N–H and O–H groups in total. The zero-order chi connectivity index (χ0) is 10.5. The molecule has 15 heavy (non-hydrogen) atoms. The van der Waals surface area contributed by atoms with E-state index in [1.54, 1.807) is 6.26 Å². The molecule has 2 rings (SSSR count). The van der Waals surface area contributed by atoms with Crippen LogP contribution in [0.3, 0.4) is 0 Å². The van der Waals surface area contributed by atoms with E-state index in [1.165, 1.54) is 0 Å². The predicted octanol–water partition coefficient (Wildman–Crippen LogP) is 0.863. The Balaban J connectivity index is 1.92. The number of hydrogen-bond acceptors (Lipinski definition) is 4. The second-order valence-corrected chi connectivity index (χ2v) is 3.79. The molecule has 1 aliphatic heterocycles. The molecule has 2 heterocycles. The second kappa shape index (κ2) is 5.30. The highest BCUT2D eigenvalue weighted by atomic mass is 16.5. The predicted molar refractivity (Wildman–Crippen MR) is 55.4 cm³/mol. The van der Waals surface area contributed by atoms with Crippen molar-refractivity contribution in [2.45, 2.75) is 19.0 Å². The Labute approximate surface area is 89.4 Å². The fraction of sp³-hybridized carbons (Fsp3) is 0.636. The highest BCUT2D eigenvalue weighted by Crippen LogP contribution is 2.14. The molecule has 0 saturated carbocycles. The average Bonchev–Trinajstić information content (AvgIpc) is 2.74. The summed E-state index contributed by atoms with van der Waals surface area (Å²) in [6.45, 7) is 3.40. The number of nitrogens with zero attached hydrogens (tertiary/aromatic N) is 1. The van der Waals surface area contributed by atoms with Crippen molar-refractivity contribution in [2.75, 3.05) is 26.4 Å². The first-order valence-electron chi connectivity index (χ1n) is 5.35. The molecule has 84 valence electrons. The van der Waals surface area contributed by atoms with Gasteiger partial charge in [0.05, 0.1) is 26.0 Å². The molecule has 1 aliphatic rings. The summed E-state index contributed by atoms with van der Waals surface area (Å²) in [5.41, 5.74) is 0. The zero-order valence-corrected chi connectivity index (χ0v) is 8.76. The first-order chi connectivity index (χ1) is 7.40. The third-order valence-electron chi connectivity index (χ3n) is 2.75. The minimum absolute atomic E-state index is 0.211. The monoisotopic (exact) mass is 211 g/mol. The third-order valence-corrected chi connectivity index (χ3v) is 2.75. The van der Waals surface area contributed by atoms with Gasteiger partial charge >= 0.3 is 0 Å². The largest absolute Gasteiger partial charge is 0.468 e. The lowest BCUT2D eigenvalue weighted by Crippen LogP contribution is -2.45. The summed E-state index contributed by atoms with van der Waals surface area (Å²) in [6.07, 6.45) is 2.46. The van der Waals surface area contributed by atoms with Gasteiger partial charge in [-0.05, 0) is 18.6 Å². The van der Waals surface area contributed by atoms with Crippen LogP contribution >= 0.6 is 0 Å². The molecular formula is C11H17NO3. The third kappa shape index (κ3) is 2.81. The Kier molecular flexibility index (Phi) is 3.77. The maximum Gasteiger partial charge on any atom is 0.117 e. The highest BCUT2D eigenvalue weighted by Gasteiger charge is 2.22. The van der Waals surface area contributed by atoms with E-state index in [1.807, 2.05) is 12.1 Å². The Morgan fingerprint density at radius 1 is 1.53 bits per heavy atom. The van der Waals surface area contributed by atoms with E-state index in [9.17, 15) is 0 Å². The van der Waals surface area contributed by atoms with Gasteiger partial charge in [-0.15, -0.1) is 0 Å². The summed E-state index contributed by atoms with van der Waals surface area (Å²) in [4.78, 5) is 2.30.